The average Bonchev–Trinajstić information content (AvgIpc) is 2.84. The molecule has 5 heteroatoms. The summed E-state index contributed by atoms with van der Waals surface area (Å²) in [6.07, 6.45) is 0.716. The molecular formula is C13H14N2O3. The smallest absolute Gasteiger partial charge is 0.264 e. The van der Waals surface area contributed by atoms with Gasteiger partial charge in [-0.15, -0.1) is 0 Å². The third-order valence-electron chi connectivity index (χ3n) is 2.44. The number of carbonyl (C=O) groups excluding carboxylic acids is 1. The molecule has 18 heavy (non-hydrogen) atoms. The zero-order chi connectivity index (χ0) is 13.0. The molecule has 0 fully saturated rings. The van der Waals surface area contributed by atoms with Crippen LogP contribution in [0.4, 0.5) is 0 Å². The number of hydrogen-bond donors (Lipinski definition) is 0. The number of para-hydroxylation sites is 1. The second kappa shape index (κ2) is 5.44. The fourth-order valence-electron chi connectivity index (χ4n) is 1.52. The molecule has 0 aliphatic carbocycles. The lowest BCUT2D eigenvalue weighted by molar-refractivity contribution is 0.101. The summed E-state index contributed by atoms with van der Waals surface area (Å²) in [4.78, 5) is 15.5. The first-order valence-corrected chi connectivity index (χ1v) is 5.75. The first-order valence-electron chi connectivity index (χ1n) is 5.75. The van der Waals surface area contributed by atoms with Crippen LogP contribution in [0.1, 0.15) is 35.9 Å². The van der Waals surface area contributed by atoms with E-state index in [0.717, 1.165) is 0 Å². The van der Waals surface area contributed by atoms with Crippen LogP contribution in [-0.2, 0) is 13.0 Å². The lowest BCUT2D eigenvalue weighted by Gasteiger charge is -2.06. The van der Waals surface area contributed by atoms with Crippen LogP contribution in [0.5, 0.6) is 5.75 Å². The number of rotatable bonds is 5. The lowest BCUT2D eigenvalue weighted by Crippen LogP contribution is -2.01. The highest BCUT2D eigenvalue weighted by molar-refractivity contribution is 5.96. The van der Waals surface area contributed by atoms with E-state index >= 15 is 0 Å². The molecule has 5 nitrogen and oxygen atoms in total. The van der Waals surface area contributed by atoms with Crippen LogP contribution in [0.25, 0.3) is 0 Å². The van der Waals surface area contributed by atoms with Gasteiger partial charge in [0.1, 0.15) is 5.75 Å². The van der Waals surface area contributed by atoms with E-state index in [1.807, 2.05) is 13.0 Å². The molecule has 1 aromatic carbocycles. The minimum absolute atomic E-state index is 0.0367. The van der Waals surface area contributed by atoms with Crippen LogP contribution in [0.15, 0.2) is 28.8 Å². The Hall–Kier alpha value is -2.17. The summed E-state index contributed by atoms with van der Waals surface area (Å²) < 4.78 is 10.5. The summed E-state index contributed by atoms with van der Waals surface area (Å²) in [5.41, 5.74) is 0.549. The zero-order valence-corrected chi connectivity index (χ0v) is 10.3. The number of ketones is 1. The van der Waals surface area contributed by atoms with Gasteiger partial charge in [0.2, 0.25) is 0 Å². The van der Waals surface area contributed by atoms with E-state index in [4.69, 9.17) is 9.26 Å². The van der Waals surface area contributed by atoms with Crippen molar-refractivity contribution < 1.29 is 14.1 Å². The minimum atomic E-state index is -0.0367. The van der Waals surface area contributed by atoms with Crippen LogP contribution in [0, 0.1) is 0 Å². The van der Waals surface area contributed by atoms with Crippen molar-refractivity contribution in [2.75, 3.05) is 0 Å². The summed E-state index contributed by atoms with van der Waals surface area (Å²) in [6, 6.07) is 7.08. The Morgan fingerprint density at radius 3 is 2.83 bits per heavy atom. The number of nitrogens with zero attached hydrogens (tertiary/aromatic N) is 2. The van der Waals surface area contributed by atoms with Crippen LogP contribution >= 0.6 is 0 Å². The molecule has 0 aliphatic rings. The van der Waals surface area contributed by atoms with Gasteiger partial charge in [-0.2, -0.15) is 4.98 Å². The van der Waals surface area contributed by atoms with Crippen molar-refractivity contribution in [3.8, 4) is 5.75 Å². The molecule has 0 unspecified atom stereocenters. The Kier molecular flexibility index (Phi) is 3.72. The van der Waals surface area contributed by atoms with Crippen molar-refractivity contribution in [1.82, 2.24) is 10.1 Å². The molecule has 0 saturated heterocycles. The molecule has 0 saturated carbocycles. The summed E-state index contributed by atoms with van der Waals surface area (Å²) in [5.74, 6) is 1.55. The number of carbonyl (C=O) groups is 1. The molecule has 0 N–H and O–H groups in total. The molecule has 1 heterocycles. The molecule has 94 valence electrons. The summed E-state index contributed by atoms with van der Waals surface area (Å²) in [6.45, 7) is 3.61. The number of hydrogen-bond acceptors (Lipinski definition) is 5. The second-order valence-corrected chi connectivity index (χ2v) is 3.80. The Morgan fingerprint density at radius 1 is 1.39 bits per heavy atom. The van der Waals surface area contributed by atoms with Gasteiger partial charge in [0, 0.05) is 6.42 Å². The van der Waals surface area contributed by atoms with E-state index in [1.165, 1.54) is 6.92 Å². The molecule has 0 radical (unpaired) electrons. The van der Waals surface area contributed by atoms with Crippen LogP contribution in [0.3, 0.4) is 0 Å². The lowest BCUT2D eigenvalue weighted by atomic mass is 10.1. The highest BCUT2D eigenvalue weighted by Crippen LogP contribution is 2.19. The molecule has 2 aromatic rings. The van der Waals surface area contributed by atoms with Crippen LogP contribution in [-0.4, -0.2) is 15.9 Å². The van der Waals surface area contributed by atoms with Gasteiger partial charge in [0.15, 0.2) is 18.2 Å². The largest absolute Gasteiger partial charge is 0.483 e. The van der Waals surface area contributed by atoms with E-state index in [2.05, 4.69) is 10.1 Å². The SMILES string of the molecule is CCc1noc(COc2ccccc2C(C)=O)n1. The first-order chi connectivity index (χ1) is 8.70. The monoisotopic (exact) mass is 246 g/mol. The fraction of sp³-hybridized carbons (Fsp3) is 0.308. The zero-order valence-electron chi connectivity index (χ0n) is 10.3. The van der Waals surface area contributed by atoms with E-state index in [9.17, 15) is 4.79 Å². The van der Waals surface area contributed by atoms with Crippen molar-refractivity contribution in [1.29, 1.82) is 0 Å². The fourth-order valence-corrected chi connectivity index (χ4v) is 1.52. The molecule has 0 spiro atoms. The van der Waals surface area contributed by atoms with Crippen molar-refractivity contribution >= 4 is 5.78 Å². The van der Waals surface area contributed by atoms with E-state index < -0.39 is 0 Å². The normalized spacial score (nSPS) is 10.3. The maximum atomic E-state index is 11.4. The number of aryl methyl sites for hydroxylation is 1. The van der Waals surface area contributed by atoms with Crippen molar-refractivity contribution in [3.05, 3.63) is 41.5 Å². The number of ether oxygens (including phenoxy) is 1. The third-order valence-corrected chi connectivity index (χ3v) is 2.44. The van der Waals surface area contributed by atoms with Gasteiger partial charge in [-0.3, -0.25) is 4.79 Å². The number of benzene rings is 1. The Labute approximate surface area is 105 Å². The summed E-state index contributed by atoms with van der Waals surface area (Å²) in [5, 5.41) is 3.77. The minimum Gasteiger partial charge on any atom is -0.483 e. The molecule has 0 bridgehead atoms. The van der Waals surface area contributed by atoms with Crippen molar-refractivity contribution in [2.45, 2.75) is 26.9 Å². The number of aromatic nitrogens is 2. The maximum absolute atomic E-state index is 11.4. The Morgan fingerprint density at radius 2 is 2.17 bits per heavy atom. The van der Waals surface area contributed by atoms with E-state index in [-0.39, 0.29) is 12.4 Å². The molecule has 0 atom stereocenters. The molecular weight excluding hydrogens is 232 g/mol. The van der Waals surface area contributed by atoms with E-state index in [1.54, 1.807) is 18.2 Å². The summed E-state index contributed by atoms with van der Waals surface area (Å²) >= 11 is 0. The Balaban J connectivity index is 2.08. The molecule has 1 aromatic heterocycles. The van der Waals surface area contributed by atoms with Gasteiger partial charge < -0.3 is 9.26 Å². The average molecular weight is 246 g/mol. The van der Waals surface area contributed by atoms with E-state index in [0.29, 0.717) is 29.4 Å². The topological polar surface area (TPSA) is 65.2 Å². The predicted octanol–water partition coefficient (Wildman–Crippen LogP) is 2.41. The van der Waals surface area contributed by atoms with Crippen molar-refractivity contribution in [2.24, 2.45) is 0 Å². The van der Waals surface area contributed by atoms with Gasteiger partial charge in [-0.25, -0.2) is 0 Å². The molecule has 0 amide bonds. The standard InChI is InChI=1S/C13H14N2O3/c1-3-12-14-13(18-15-12)8-17-11-7-5-4-6-10(11)9(2)16/h4-7H,3,8H2,1-2H3. The maximum Gasteiger partial charge on any atom is 0.264 e. The molecule has 0 aliphatic heterocycles. The quantitative estimate of drug-likeness (QED) is 0.758. The van der Waals surface area contributed by atoms with Gasteiger partial charge in [0.25, 0.3) is 5.89 Å². The molecule has 2 rings (SSSR count). The van der Waals surface area contributed by atoms with Gasteiger partial charge in [0.05, 0.1) is 5.56 Å². The van der Waals surface area contributed by atoms with Crippen molar-refractivity contribution in [3.63, 3.8) is 0 Å². The van der Waals surface area contributed by atoms with Gasteiger partial charge in [-0.05, 0) is 19.1 Å². The number of Topliss-reactive ketones (excluding diaryl/α,β-unsaturated/α-hetero) is 1. The Bertz CT molecular complexity index is 549. The summed E-state index contributed by atoms with van der Waals surface area (Å²) in [7, 11) is 0. The highest BCUT2D eigenvalue weighted by Gasteiger charge is 2.10. The van der Waals surface area contributed by atoms with Crippen LogP contribution < -0.4 is 4.74 Å². The van der Waals surface area contributed by atoms with Gasteiger partial charge in [-0.1, -0.05) is 24.2 Å². The third kappa shape index (κ3) is 2.74. The van der Waals surface area contributed by atoms with Crippen LogP contribution in [0.2, 0.25) is 0 Å². The highest BCUT2D eigenvalue weighted by atomic mass is 16.5. The second-order valence-electron chi connectivity index (χ2n) is 3.80. The van der Waals surface area contributed by atoms with Gasteiger partial charge >= 0.3 is 0 Å². The first kappa shape index (κ1) is 12.3. The predicted molar refractivity (Wildman–Crippen MR) is 64.5 cm³/mol.